The van der Waals surface area contributed by atoms with Gasteiger partial charge in [-0.2, -0.15) is 0 Å². The summed E-state index contributed by atoms with van der Waals surface area (Å²) < 4.78 is 5.67. The summed E-state index contributed by atoms with van der Waals surface area (Å²) in [7, 11) is 0. The Balaban J connectivity index is 2.61. The quantitative estimate of drug-likeness (QED) is 0.314. The van der Waals surface area contributed by atoms with Crippen LogP contribution in [-0.4, -0.2) is 42.7 Å². The van der Waals surface area contributed by atoms with E-state index in [2.05, 4.69) is 43.0 Å². The number of morpholine rings is 1. The van der Waals surface area contributed by atoms with Gasteiger partial charge in [0.05, 0.1) is 12.2 Å². The largest absolute Gasteiger partial charge is 0.372 e. The van der Waals surface area contributed by atoms with Crippen molar-refractivity contribution in [2.45, 2.75) is 39.9 Å². The zero-order valence-corrected chi connectivity index (χ0v) is 10.7. The fourth-order valence-electron chi connectivity index (χ4n) is 1.86. The van der Waals surface area contributed by atoms with Gasteiger partial charge in [0.2, 0.25) is 5.96 Å². The molecule has 0 aliphatic carbocycles. The fraction of sp³-hybridized carbons (Fsp3) is 0.909. The molecule has 5 heteroatoms. The van der Waals surface area contributed by atoms with E-state index in [0.717, 1.165) is 25.6 Å². The molecule has 1 fully saturated rings. The van der Waals surface area contributed by atoms with E-state index in [1.165, 1.54) is 0 Å². The third-order valence-electron chi connectivity index (χ3n) is 2.45. The molecule has 0 amide bonds. The van der Waals surface area contributed by atoms with E-state index in [0.29, 0.717) is 5.92 Å². The van der Waals surface area contributed by atoms with Crippen molar-refractivity contribution in [2.24, 2.45) is 16.8 Å². The summed E-state index contributed by atoms with van der Waals surface area (Å²) in [6, 6.07) is 0. The molecule has 0 aromatic rings. The number of ether oxygens (including phenoxy) is 1. The van der Waals surface area contributed by atoms with Crippen LogP contribution in [0.2, 0.25) is 0 Å². The maximum atomic E-state index is 5.67. The normalized spacial score (nSPS) is 27.4. The van der Waals surface area contributed by atoms with E-state index >= 15 is 0 Å². The van der Waals surface area contributed by atoms with Crippen molar-refractivity contribution >= 4 is 5.96 Å². The molecule has 1 saturated heterocycles. The van der Waals surface area contributed by atoms with Crippen molar-refractivity contribution in [3.8, 4) is 0 Å². The van der Waals surface area contributed by atoms with Gasteiger partial charge in [0.15, 0.2) is 0 Å². The third kappa shape index (κ3) is 3.98. The lowest BCUT2D eigenvalue weighted by atomic mass is 10.2. The van der Waals surface area contributed by atoms with Crippen LogP contribution in [0.15, 0.2) is 4.99 Å². The van der Waals surface area contributed by atoms with Crippen LogP contribution in [0, 0.1) is 5.92 Å². The van der Waals surface area contributed by atoms with Crippen LogP contribution in [0.4, 0.5) is 0 Å². The first-order valence-corrected chi connectivity index (χ1v) is 5.94. The smallest absolute Gasteiger partial charge is 0.208 e. The van der Waals surface area contributed by atoms with Gasteiger partial charge in [0.25, 0.3) is 0 Å². The molecule has 0 spiro atoms. The Morgan fingerprint density at radius 2 is 2.00 bits per heavy atom. The first kappa shape index (κ1) is 13.3. The SMILES string of the molecule is CC(C)CN=C(NN)N1C[C@@H](C)O[C@@H](C)C1. The number of hydrogen-bond acceptors (Lipinski definition) is 3. The summed E-state index contributed by atoms with van der Waals surface area (Å²) in [4.78, 5) is 6.64. The molecular weight excluding hydrogens is 204 g/mol. The number of guanidine groups is 1. The molecule has 3 N–H and O–H groups in total. The highest BCUT2D eigenvalue weighted by Crippen LogP contribution is 2.10. The molecule has 0 saturated carbocycles. The Labute approximate surface area is 98.0 Å². The van der Waals surface area contributed by atoms with E-state index < -0.39 is 0 Å². The molecular formula is C11H24N4O. The second-order valence-corrected chi connectivity index (χ2v) is 4.86. The topological polar surface area (TPSA) is 62.9 Å². The minimum absolute atomic E-state index is 0.223. The van der Waals surface area contributed by atoms with Crippen LogP contribution < -0.4 is 11.3 Å². The van der Waals surface area contributed by atoms with E-state index in [4.69, 9.17) is 10.6 Å². The Morgan fingerprint density at radius 3 is 2.44 bits per heavy atom. The monoisotopic (exact) mass is 228 g/mol. The number of nitrogens with two attached hydrogens (primary N) is 1. The van der Waals surface area contributed by atoms with Crippen LogP contribution in [-0.2, 0) is 4.74 Å². The first-order chi connectivity index (χ1) is 7.52. The van der Waals surface area contributed by atoms with E-state index in [1.807, 2.05) is 0 Å². The molecule has 0 unspecified atom stereocenters. The maximum absolute atomic E-state index is 5.67. The average Bonchev–Trinajstić information content (AvgIpc) is 2.16. The minimum atomic E-state index is 0.223. The van der Waals surface area contributed by atoms with Crippen molar-refractivity contribution in [3.63, 3.8) is 0 Å². The Hall–Kier alpha value is -0.810. The van der Waals surface area contributed by atoms with Gasteiger partial charge < -0.3 is 9.64 Å². The fourth-order valence-corrected chi connectivity index (χ4v) is 1.86. The number of rotatable bonds is 2. The highest BCUT2D eigenvalue weighted by Gasteiger charge is 2.24. The van der Waals surface area contributed by atoms with Crippen LogP contribution in [0.5, 0.6) is 0 Å². The van der Waals surface area contributed by atoms with Gasteiger partial charge in [0, 0.05) is 19.6 Å². The molecule has 0 radical (unpaired) electrons. The van der Waals surface area contributed by atoms with Crippen LogP contribution in [0.1, 0.15) is 27.7 Å². The van der Waals surface area contributed by atoms with E-state index in [1.54, 1.807) is 0 Å². The molecule has 0 aromatic heterocycles. The third-order valence-corrected chi connectivity index (χ3v) is 2.45. The van der Waals surface area contributed by atoms with Crippen molar-refractivity contribution in [3.05, 3.63) is 0 Å². The lowest BCUT2D eigenvalue weighted by Crippen LogP contribution is -2.54. The minimum Gasteiger partial charge on any atom is -0.372 e. The number of nitrogens with one attached hydrogen (secondary N) is 1. The van der Waals surface area contributed by atoms with E-state index in [9.17, 15) is 0 Å². The summed E-state index contributed by atoms with van der Waals surface area (Å²) >= 11 is 0. The van der Waals surface area contributed by atoms with Crippen molar-refractivity contribution in [2.75, 3.05) is 19.6 Å². The van der Waals surface area contributed by atoms with E-state index in [-0.39, 0.29) is 12.2 Å². The highest BCUT2D eigenvalue weighted by molar-refractivity contribution is 5.79. The maximum Gasteiger partial charge on any atom is 0.208 e. The van der Waals surface area contributed by atoms with Gasteiger partial charge in [-0.25, -0.2) is 5.84 Å². The Morgan fingerprint density at radius 1 is 1.44 bits per heavy atom. The molecule has 1 heterocycles. The highest BCUT2D eigenvalue weighted by atomic mass is 16.5. The summed E-state index contributed by atoms with van der Waals surface area (Å²) in [6.07, 6.45) is 0.447. The molecule has 2 atom stereocenters. The lowest BCUT2D eigenvalue weighted by Gasteiger charge is -2.36. The van der Waals surface area contributed by atoms with Crippen LogP contribution >= 0.6 is 0 Å². The molecule has 0 aromatic carbocycles. The summed E-state index contributed by atoms with van der Waals surface area (Å²) in [5.41, 5.74) is 2.69. The van der Waals surface area contributed by atoms with Crippen molar-refractivity contribution in [1.82, 2.24) is 10.3 Å². The van der Waals surface area contributed by atoms with Gasteiger partial charge in [-0.05, 0) is 19.8 Å². The van der Waals surface area contributed by atoms with Crippen LogP contribution in [0.3, 0.4) is 0 Å². The second-order valence-electron chi connectivity index (χ2n) is 4.86. The standard InChI is InChI=1S/C11H24N4O/c1-8(2)5-13-11(14-12)15-6-9(3)16-10(4)7-15/h8-10H,5-7,12H2,1-4H3,(H,13,14)/t9-,10+. The molecule has 5 nitrogen and oxygen atoms in total. The summed E-state index contributed by atoms with van der Waals surface area (Å²) in [5, 5.41) is 0. The van der Waals surface area contributed by atoms with Gasteiger partial charge >= 0.3 is 0 Å². The number of hydrogen-bond donors (Lipinski definition) is 2. The summed E-state index contributed by atoms with van der Waals surface area (Å²) in [6.45, 7) is 10.9. The molecule has 1 aliphatic heterocycles. The molecule has 1 aliphatic rings. The predicted molar refractivity (Wildman–Crippen MR) is 66.0 cm³/mol. The molecule has 16 heavy (non-hydrogen) atoms. The predicted octanol–water partition coefficient (Wildman–Crippen LogP) is 0.571. The number of nitrogens with zero attached hydrogens (tertiary/aromatic N) is 2. The van der Waals surface area contributed by atoms with Crippen molar-refractivity contribution < 1.29 is 4.74 Å². The number of aliphatic imine (C=N–C) groups is 1. The first-order valence-electron chi connectivity index (χ1n) is 5.94. The second kappa shape index (κ2) is 6.06. The van der Waals surface area contributed by atoms with Gasteiger partial charge in [-0.3, -0.25) is 10.4 Å². The summed E-state index contributed by atoms with van der Waals surface area (Å²) in [5.74, 6) is 6.83. The van der Waals surface area contributed by atoms with Gasteiger partial charge in [-0.15, -0.1) is 0 Å². The molecule has 1 rings (SSSR count). The molecule has 0 bridgehead atoms. The van der Waals surface area contributed by atoms with Gasteiger partial charge in [0.1, 0.15) is 0 Å². The zero-order valence-electron chi connectivity index (χ0n) is 10.7. The van der Waals surface area contributed by atoms with Crippen molar-refractivity contribution in [1.29, 1.82) is 0 Å². The van der Waals surface area contributed by atoms with Crippen LogP contribution in [0.25, 0.3) is 0 Å². The Bertz CT molecular complexity index is 232. The average molecular weight is 228 g/mol. The zero-order chi connectivity index (χ0) is 12.1. The number of hydrazine groups is 1. The Kier molecular flexibility index (Phi) is 5.02. The lowest BCUT2D eigenvalue weighted by molar-refractivity contribution is -0.0489. The molecule has 94 valence electrons. The van der Waals surface area contributed by atoms with Gasteiger partial charge in [-0.1, -0.05) is 13.8 Å².